The van der Waals surface area contributed by atoms with Gasteiger partial charge in [0, 0.05) is 10.6 Å². The van der Waals surface area contributed by atoms with Crippen molar-refractivity contribution in [2.75, 3.05) is 0 Å². The summed E-state index contributed by atoms with van der Waals surface area (Å²) in [5.41, 5.74) is 14.2. The zero-order valence-corrected chi connectivity index (χ0v) is 15.7. The van der Waals surface area contributed by atoms with Crippen LogP contribution < -0.4 is 16.2 Å². The van der Waals surface area contributed by atoms with Gasteiger partial charge in [-0.3, -0.25) is 0 Å². The van der Waals surface area contributed by atoms with E-state index in [0.29, 0.717) is 44.1 Å². The van der Waals surface area contributed by atoms with Gasteiger partial charge in [-0.25, -0.2) is 0 Å². The van der Waals surface area contributed by atoms with E-state index in [1.807, 2.05) is 30.3 Å². The number of ether oxygens (including phenoxy) is 1. The Labute approximate surface area is 166 Å². The van der Waals surface area contributed by atoms with Gasteiger partial charge in [-0.05, 0) is 23.8 Å². The predicted molar refractivity (Wildman–Crippen MR) is 106 cm³/mol. The molecule has 0 atom stereocenters. The summed E-state index contributed by atoms with van der Waals surface area (Å²) >= 11 is 6.95. The van der Waals surface area contributed by atoms with Crippen LogP contribution in [0, 0.1) is 22.7 Å². The van der Waals surface area contributed by atoms with E-state index in [2.05, 4.69) is 12.1 Å². The highest BCUT2D eigenvalue weighted by Crippen LogP contribution is 2.45. The third kappa shape index (κ3) is 3.88. The molecule has 0 unspecified atom stereocenters. The first-order valence-corrected chi connectivity index (χ1v) is 9.18. The predicted octanol–water partition coefficient (Wildman–Crippen LogP) is 4.14. The number of allylic oxidation sites excluding steroid dienone is 2. The molecule has 0 radical (unpaired) electrons. The summed E-state index contributed by atoms with van der Waals surface area (Å²) in [5, 5.41) is 20.4. The van der Waals surface area contributed by atoms with Crippen LogP contribution in [-0.2, 0) is 6.61 Å². The van der Waals surface area contributed by atoms with E-state index in [0.717, 1.165) is 17.3 Å². The molecule has 7 heteroatoms. The van der Waals surface area contributed by atoms with Crippen LogP contribution in [0.2, 0.25) is 5.02 Å². The molecule has 1 heterocycles. The number of benzene rings is 2. The molecule has 1 aliphatic rings. The Morgan fingerprint density at radius 1 is 0.963 bits per heavy atom. The fourth-order valence-electron chi connectivity index (χ4n) is 2.80. The molecule has 1 aliphatic heterocycles. The van der Waals surface area contributed by atoms with Gasteiger partial charge < -0.3 is 16.2 Å². The van der Waals surface area contributed by atoms with Crippen molar-refractivity contribution in [2.45, 2.75) is 12.5 Å². The highest BCUT2D eigenvalue weighted by Gasteiger charge is 2.33. The molecule has 0 aliphatic carbocycles. The van der Waals surface area contributed by atoms with Gasteiger partial charge in [-0.2, -0.15) is 10.5 Å². The van der Waals surface area contributed by atoms with E-state index in [-0.39, 0.29) is 0 Å². The third-order valence-corrected chi connectivity index (χ3v) is 5.24. The number of nitrogens with zero attached hydrogens (tertiary/aromatic N) is 2. The van der Waals surface area contributed by atoms with Crippen molar-refractivity contribution in [2.24, 2.45) is 11.5 Å². The number of rotatable bonds is 4. The Kier molecular flexibility index (Phi) is 5.61. The summed E-state index contributed by atoms with van der Waals surface area (Å²) in [5.74, 6) is -0.0897. The number of nitriles is 2. The van der Waals surface area contributed by atoms with Crippen molar-refractivity contribution in [1.29, 1.82) is 10.5 Å². The number of hydrogen-bond acceptors (Lipinski definition) is 6. The van der Waals surface area contributed by atoms with Gasteiger partial charge in [0.15, 0.2) is 0 Å². The van der Waals surface area contributed by atoms with E-state index in [4.69, 9.17) is 27.8 Å². The molecule has 0 saturated carbocycles. The molecule has 134 valence electrons. The first kappa shape index (κ1) is 18.7. The molecule has 0 saturated heterocycles. The monoisotopic (exact) mass is 394 g/mol. The quantitative estimate of drug-likeness (QED) is 0.806. The van der Waals surface area contributed by atoms with E-state index in [1.54, 1.807) is 18.2 Å². The van der Waals surface area contributed by atoms with Gasteiger partial charge in [-0.15, -0.1) is 0 Å². The van der Waals surface area contributed by atoms with E-state index < -0.39 is 5.92 Å². The Balaban J connectivity index is 1.99. The molecule has 2 aromatic carbocycles. The van der Waals surface area contributed by atoms with Crippen molar-refractivity contribution < 1.29 is 4.74 Å². The maximum Gasteiger partial charge on any atom is 0.124 e. The van der Waals surface area contributed by atoms with Crippen LogP contribution >= 0.6 is 23.4 Å². The summed E-state index contributed by atoms with van der Waals surface area (Å²) in [4.78, 5) is 0. The highest BCUT2D eigenvalue weighted by molar-refractivity contribution is 8.06. The van der Waals surface area contributed by atoms with Gasteiger partial charge in [0.1, 0.15) is 12.4 Å². The molecule has 5 nitrogen and oxygen atoms in total. The second kappa shape index (κ2) is 8.09. The molecular weight excluding hydrogens is 380 g/mol. The second-order valence-corrected chi connectivity index (χ2v) is 7.29. The molecular formula is C20H15ClN4OS. The first-order chi connectivity index (χ1) is 13.0. The maximum absolute atomic E-state index is 9.59. The van der Waals surface area contributed by atoms with Crippen LogP contribution in [0.25, 0.3) is 0 Å². The van der Waals surface area contributed by atoms with Gasteiger partial charge in [0.25, 0.3) is 0 Å². The average molecular weight is 395 g/mol. The number of para-hydroxylation sites is 1. The van der Waals surface area contributed by atoms with Crippen LogP contribution in [0.3, 0.4) is 0 Å². The number of hydrogen-bond donors (Lipinski definition) is 2. The largest absolute Gasteiger partial charge is 0.489 e. The van der Waals surface area contributed by atoms with E-state index in [9.17, 15) is 10.5 Å². The smallest absolute Gasteiger partial charge is 0.124 e. The van der Waals surface area contributed by atoms with Gasteiger partial charge in [-0.1, -0.05) is 53.7 Å². The second-order valence-electron chi connectivity index (χ2n) is 5.77. The van der Waals surface area contributed by atoms with Crippen LogP contribution in [0.1, 0.15) is 17.0 Å². The lowest BCUT2D eigenvalue weighted by atomic mass is 9.85. The van der Waals surface area contributed by atoms with Crippen molar-refractivity contribution in [3.8, 4) is 17.9 Å². The molecule has 0 amide bonds. The Morgan fingerprint density at radius 2 is 1.56 bits per heavy atom. The average Bonchev–Trinajstić information content (AvgIpc) is 2.67. The minimum Gasteiger partial charge on any atom is -0.489 e. The van der Waals surface area contributed by atoms with Crippen molar-refractivity contribution in [3.63, 3.8) is 0 Å². The van der Waals surface area contributed by atoms with Crippen molar-refractivity contribution in [3.05, 3.63) is 85.9 Å². The van der Waals surface area contributed by atoms with Gasteiger partial charge in [0.2, 0.25) is 0 Å². The van der Waals surface area contributed by atoms with Crippen LogP contribution in [-0.4, -0.2) is 0 Å². The van der Waals surface area contributed by atoms with E-state index >= 15 is 0 Å². The summed E-state index contributed by atoms with van der Waals surface area (Å²) in [6.07, 6.45) is 0. The van der Waals surface area contributed by atoms with Gasteiger partial charge in [0.05, 0.1) is 39.3 Å². The van der Waals surface area contributed by atoms with Gasteiger partial charge >= 0.3 is 0 Å². The zero-order chi connectivity index (χ0) is 19.4. The molecule has 3 rings (SSSR count). The summed E-state index contributed by atoms with van der Waals surface area (Å²) in [6, 6.07) is 18.8. The Morgan fingerprint density at radius 3 is 2.15 bits per heavy atom. The standard InChI is InChI=1S/C20H15ClN4OS/c21-13-7-5-12(6-8-13)11-26-17-4-2-1-3-14(17)18-15(9-22)19(24)27-20(25)16(18)10-23/h1-8,18H,11,24-25H2. The fourth-order valence-corrected chi connectivity index (χ4v) is 3.71. The minimum atomic E-state index is -0.650. The molecule has 27 heavy (non-hydrogen) atoms. The first-order valence-electron chi connectivity index (χ1n) is 7.98. The number of nitrogens with two attached hydrogens (primary N) is 2. The van der Waals surface area contributed by atoms with Crippen molar-refractivity contribution in [1.82, 2.24) is 0 Å². The third-order valence-electron chi connectivity index (χ3n) is 4.11. The summed E-state index contributed by atoms with van der Waals surface area (Å²) in [7, 11) is 0. The maximum atomic E-state index is 9.59. The number of thioether (sulfide) groups is 1. The lowest BCUT2D eigenvalue weighted by Gasteiger charge is -2.25. The Bertz CT molecular complexity index is 980. The lowest BCUT2D eigenvalue weighted by Crippen LogP contribution is -2.19. The van der Waals surface area contributed by atoms with Crippen LogP contribution in [0.4, 0.5) is 0 Å². The number of halogens is 1. The van der Waals surface area contributed by atoms with E-state index in [1.165, 1.54) is 0 Å². The topological polar surface area (TPSA) is 109 Å². The molecule has 0 spiro atoms. The molecule has 4 N–H and O–H groups in total. The molecule has 0 aromatic heterocycles. The van der Waals surface area contributed by atoms with Crippen LogP contribution in [0.5, 0.6) is 5.75 Å². The molecule has 2 aromatic rings. The summed E-state index contributed by atoms with van der Waals surface area (Å²) < 4.78 is 5.98. The highest BCUT2D eigenvalue weighted by atomic mass is 35.5. The SMILES string of the molecule is N#CC1=C(N)SC(N)=C(C#N)C1c1ccccc1OCc1ccc(Cl)cc1. The van der Waals surface area contributed by atoms with Crippen molar-refractivity contribution >= 4 is 23.4 Å². The minimum absolute atomic E-state index is 0.298. The summed E-state index contributed by atoms with van der Waals surface area (Å²) in [6.45, 7) is 0.317. The molecule has 0 bridgehead atoms. The molecule has 0 fully saturated rings. The lowest BCUT2D eigenvalue weighted by molar-refractivity contribution is 0.302. The normalized spacial score (nSPS) is 14.6. The Hall–Kier alpha value is -3.06. The fraction of sp³-hybridized carbons (Fsp3) is 0.100. The zero-order valence-electron chi connectivity index (χ0n) is 14.1. The van der Waals surface area contributed by atoms with Crippen LogP contribution in [0.15, 0.2) is 69.7 Å².